The smallest absolute Gasteiger partial charge is 0.232 e. The van der Waals surface area contributed by atoms with Crippen molar-refractivity contribution in [1.29, 1.82) is 0 Å². The molecule has 0 aliphatic carbocycles. The summed E-state index contributed by atoms with van der Waals surface area (Å²) in [5, 5.41) is 0. The summed E-state index contributed by atoms with van der Waals surface area (Å²) < 4.78 is 5.13. The number of nitrogens with two attached hydrogens (primary N) is 1. The van der Waals surface area contributed by atoms with Gasteiger partial charge in [-0.05, 0) is 23.4 Å². The van der Waals surface area contributed by atoms with Gasteiger partial charge in [0.2, 0.25) is 5.91 Å². The predicted molar refractivity (Wildman–Crippen MR) is 64.5 cm³/mol. The number of carbonyl (C=O) groups excluding carboxylic acids is 1. The molecule has 0 spiro atoms. The van der Waals surface area contributed by atoms with Crippen LogP contribution in [0.25, 0.3) is 0 Å². The van der Waals surface area contributed by atoms with Gasteiger partial charge < -0.3 is 10.5 Å². The molecule has 1 aliphatic heterocycles. The fourth-order valence-corrected chi connectivity index (χ4v) is 2.46. The lowest BCUT2D eigenvalue weighted by Crippen LogP contribution is -2.56. The Morgan fingerprint density at radius 1 is 1.44 bits per heavy atom. The van der Waals surface area contributed by atoms with Gasteiger partial charge in [0.15, 0.2) is 0 Å². The molecular weight excluding hydrogens is 222 g/mol. The van der Waals surface area contributed by atoms with Crippen molar-refractivity contribution < 1.29 is 9.53 Å². The highest BCUT2D eigenvalue weighted by Gasteiger charge is 2.45. The third-order valence-electron chi connectivity index (χ3n) is 2.89. The number of hydrogen-bond donors (Lipinski definition) is 1. The van der Waals surface area contributed by atoms with E-state index >= 15 is 0 Å². The number of carbonyl (C=O) groups is 1. The summed E-state index contributed by atoms with van der Waals surface area (Å²) in [6, 6.07) is 8.02. The molecule has 2 rings (SSSR count). The van der Waals surface area contributed by atoms with Crippen LogP contribution in [0.5, 0.6) is 0 Å². The lowest BCUT2D eigenvalue weighted by molar-refractivity contribution is -0.141. The van der Waals surface area contributed by atoms with Crippen LogP contribution in [-0.2, 0) is 14.9 Å². The maximum absolute atomic E-state index is 11.5. The molecule has 2 N–H and O–H groups in total. The number of hydrogen-bond acceptors (Lipinski definition) is 3. The molecule has 0 saturated carbocycles. The van der Waals surface area contributed by atoms with Gasteiger partial charge in [-0.2, -0.15) is 0 Å². The highest BCUT2D eigenvalue weighted by Crippen LogP contribution is 2.33. The molecule has 0 aromatic heterocycles. The molecule has 0 bridgehead atoms. The first-order valence-corrected chi connectivity index (χ1v) is 6.28. The maximum Gasteiger partial charge on any atom is 0.232 e. The van der Waals surface area contributed by atoms with E-state index in [1.54, 1.807) is 11.8 Å². The van der Waals surface area contributed by atoms with Gasteiger partial charge in [-0.3, -0.25) is 4.79 Å². The average molecular weight is 237 g/mol. The molecule has 4 heteroatoms. The molecule has 0 radical (unpaired) electrons. The highest BCUT2D eigenvalue weighted by molar-refractivity contribution is 7.99. The summed E-state index contributed by atoms with van der Waals surface area (Å²) in [6.45, 7) is 2.93. The van der Waals surface area contributed by atoms with Crippen LogP contribution < -0.4 is 5.73 Å². The quantitative estimate of drug-likeness (QED) is 0.808. The van der Waals surface area contributed by atoms with Crippen LogP contribution in [0.3, 0.4) is 0 Å². The molecule has 1 aromatic carbocycles. The van der Waals surface area contributed by atoms with E-state index < -0.39 is 5.41 Å². The third-order valence-corrected chi connectivity index (χ3v) is 3.78. The number of primary amides is 1. The Kier molecular flexibility index (Phi) is 3.21. The van der Waals surface area contributed by atoms with Crippen LogP contribution >= 0.6 is 11.8 Å². The van der Waals surface area contributed by atoms with Crippen molar-refractivity contribution in [3.8, 4) is 0 Å². The first-order valence-electron chi connectivity index (χ1n) is 5.30. The molecule has 1 saturated heterocycles. The van der Waals surface area contributed by atoms with Crippen LogP contribution in [0.2, 0.25) is 0 Å². The molecule has 3 nitrogen and oxygen atoms in total. The summed E-state index contributed by atoms with van der Waals surface area (Å²) >= 11 is 1.78. The fraction of sp³-hybridized carbons (Fsp3) is 0.417. The minimum absolute atomic E-state index is 0.297. The molecular formula is C12H15NO2S. The minimum atomic E-state index is -0.588. The fourth-order valence-electron chi connectivity index (χ4n) is 1.79. The highest BCUT2D eigenvalue weighted by atomic mass is 32.2. The first kappa shape index (κ1) is 11.5. The summed E-state index contributed by atoms with van der Waals surface area (Å²) in [6.07, 6.45) is 0. The van der Waals surface area contributed by atoms with E-state index in [4.69, 9.17) is 10.5 Å². The second-order valence-corrected chi connectivity index (χ2v) is 5.23. The van der Waals surface area contributed by atoms with E-state index in [0.29, 0.717) is 13.2 Å². The van der Waals surface area contributed by atoms with Gasteiger partial charge in [-0.1, -0.05) is 19.1 Å². The van der Waals surface area contributed by atoms with Gasteiger partial charge >= 0.3 is 0 Å². The average Bonchev–Trinajstić information content (AvgIpc) is 2.18. The minimum Gasteiger partial charge on any atom is -0.378 e. The molecule has 0 unspecified atom stereocenters. The van der Waals surface area contributed by atoms with Crippen LogP contribution in [0.1, 0.15) is 12.5 Å². The summed E-state index contributed by atoms with van der Waals surface area (Å²) in [5.74, 6) is 0.748. The lowest BCUT2D eigenvalue weighted by Gasteiger charge is -2.38. The van der Waals surface area contributed by atoms with E-state index in [1.165, 1.54) is 4.90 Å². The van der Waals surface area contributed by atoms with E-state index in [0.717, 1.165) is 11.3 Å². The van der Waals surface area contributed by atoms with Gasteiger partial charge in [-0.15, -0.1) is 11.8 Å². The van der Waals surface area contributed by atoms with Crippen molar-refractivity contribution in [2.45, 2.75) is 17.2 Å². The van der Waals surface area contributed by atoms with E-state index in [9.17, 15) is 4.79 Å². The van der Waals surface area contributed by atoms with Gasteiger partial charge in [0.05, 0.1) is 13.2 Å². The van der Waals surface area contributed by atoms with Crippen LogP contribution in [-0.4, -0.2) is 24.9 Å². The number of rotatable bonds is 4. The predicted octanol–water partition coefficient (Wildman–Crippen LogP) is 1.55. The zero-order valence-electron chi connectivity index (χ0n) is 9.23. The zero-order valence-corrected chi connectivity index (χ0v) is 10.0. The van der Waals surface area contributed by atoms with Crippen molar-refractivity contribution in [3.05, 3.63) is 29.8 Å². The molecule has 1 aliphatic rings. The summed E-state index contributed by atoms with van der Waals surface area (Å²) in [4.78, 5) is 12.7. The molecule has 0 atom stereocenters. The van der Waals surface area contributed by atoms with Crippen molar-refractivity contribution in [2.24, 2.45) is 5.73 Å². The monoisotopic (exact) mass is 237 g/mol. The van der Waals surface area contributed by atoms with E-state index in [1.807, 2.05) is 24.3 Å². The summed E-state index contributed by atoms with van der Waals surface area (Å²) in [7, 11) is 0. The first-order chi connectivity index (χ1) is 7.69. The Bertz CT molecular complexity index is 385. The van der Waals surface area contributed by atoms with E-state index in [-0.39, 0.29) is 5.91 Å². The number of benzene rings is 1. The van der Waals surface area contributed by atoms with Crippen molar-refractivity contribution in [1.82, 2.24) is 0 Å². The Morgan fingerprint density at radius 2 is 2.06 bits per heavy atom. The number of amides is 1. The molecule has 16 heavy (non-hydrogen) atoms. The maximum atomic E-state index is 11.5. The van der Waals surface area contributed by atoms with Crippen LogP contribution in [0.4, 0.5) is 0 Å². The normalized spacial score (nSPS) is 17.8. The zero-order chi connectivity index (χ0) is 11.6. The molecule has 1 fully saturated rings. The molecule has 1 aromatic rings. The van der Waals surface area contributed by atoms with Gasteiger partial charge in [0.1, 0.15) is 5.41 Å². The van der Waals surface area contributed by atoms with Gasteiger partial charge in [-0.25, -0.2) is 0 Å². The SMILES string of the molecule is CCSc1ccc(C2(C(N)=O)COC2)cc1. The second kappa shape index (κ2) is 4.47. The van der Waals surface area contributed by atoms with Crippen LogP contribution in [0, 0.1) is 0 Å². The van der Waals surface area contributed by atoms with Gasteiger partial charge in [0, 0.05) is 4.90 Å². The number of ether oxygens (including phenoxy) is 1. The lowest BCUT2D eigenvalue weighted by atomic mass is 9.78. The van der Waals surface area contributed by atoms with Gasteiger partial charge in [0.25, 0.3) is 0 Å². The van der Waals surface area contributed by atoms with Crippen molar-refractivity contribution in [3.63, 3.8) is 0 Å². The van der Waals surface area contributed by atoms with E-state index in [2.05, 4.69) is 6.92 Å². The van der Waals surface area contributed by atoms with Crippen molar-refractivity contribution >= 4 is 17.7 Å². The Balaban J connectivity index is 2.23. The topological polar surface area (TPSA) is 52.3 Å². The van der Waals surface area contributed by atoms with Crippen molar-refractivity contribution in [2.75, 3.05) is 19.0 Å². The largest absolute Gasteiger partial charge is 0.378 e. The number of thioether (sulfide) groups is 1. The Labute approximate surface area is 99.4 Å². The molecule has 1 heterocycles. The van der Waals surface area contributed by atoms with Crippen LogP contribution in [0.15, 0.2) is 29.2 Å². The Hall–Kier alpha value is -1.00. The standard InChI is InChI=1S/C12H15NO2S/c1-2-16-10-5-3-9(4-6-10)12(11(13)14)7-15-8-12/h3-6H,2,7-8H2,1H3,(H2,13,14). The molecule has 86 valence electrons. The third kappa shape index (κ3) is 1.83. The summed E-state index contributed by atoms with van der Waals surface area (Å²) in [5.41, 5.74) is 5.81. The Morgan fingerprint density at radius 3 is 2.44 bits per heavy atom. The second-order valence-electron chi connectivity index (χ2n) is 3.90. The molecule has 1 amide bonds.